The van der Waals surface area contributed by atoms with Crippen LogP contribution in [-0.4, -0.2) is 35.4 Å². The van der Waals surface area contributed by atoms with Gasteiger partial charge in [-0.1, -0.05) is 55.3 Å². The van der Waals surface area contributed by atoms with Gasteiger partial charge in [-0.05, 0) is 62.9 Å². The van der Waals surface area contributed by atoms with E-state index in [2.05, 4.69) is 5.32 Å². The molecule has 31 heavy (non-hydrogen) atoms. The Morgan fingerprint density at radius 1 is 1.06 bits per heavy atom. The number of amides is 2. The molecule has 2 atom stereocenters. The van der Waals surface area contributed by atoms with Crippen LogP contribution in [0, 0.1) is 13.8 Å². The molecule has 6 heteroatoms. The molecule has 0 unspecified atom stereocenters. The van der Waals surface area contributed by atoms with Crippen molar-refractivity contribution in [2.75, 3.05) is 6.61 Å². The molecule has 2 aromatic rings. The van der Waals surface area contributed by atoms with Crippen LogP contribution in [0.2, 0.25) is 5.02 Å². The van der Waals surface area contributed by atoms with E-state index in [1.54, 1.807) is 17.0 Å². The van der Waals surface area contributed by atoms with E-state index in [1.165, 1.54) is 0 Å². The number of halogens is 1. The molecule has 0 fully saturated rings. The zero-order valence-corrected chi connectivity index (χ0v) is 19.8. The standard InChI is InChI=1S/C25H33ClN2O3/c1-6-19(5)27-25(30)22(7-2)28(15-20-9-11-21(26)12-10-20)24(29)16-31-23-13-8-17(3)14-18(23)4/h8-14,19,22H,6-7,15-16H2,1-5H3,(H,27,30)/t19-,22+/m1/s1. The van der Waals surface area contributed by atoms with Crippen molar-refractivity contribution in [2.24, 2.45) is 0 Å². The van der Waals surface area contributed by atoms with Crippen LogP contribution < -0.4 is 10.1 Å². The number of carbonyl (C=O) groups is 2. The quantitative estimate of drug-likeness (QED) is 0.557. The lowest BCUT2D eigenvalue weighted by atomic mass is 10.1. The number of benzene rings is 2. The second-order valence-corrected chi connectivity index (χ2v) is 8.38. The van der Waals surface area contributed by atoms with Crippen LogP contribution in [0.15, 0.2) is 42.5 Å². The molecule has 168 valence electrons. The third-order valence-electron chi connectivity index (χ3n) is 5.33. The smallest absolute Gasteiger partial charge is 0.261 e. The van der Waals surface area contributed by atoms with Crippen LogP contribution in [-0.2, 0) is 16.1 Å². The molecular formula is C25H33ClN2O3. The summed E-state index contributed by atoms with van der Waals surface area (Å²) in [5, 5.41) is 3.63. The van der Waals surface area contributed by atoms with Crippen LogP contribution in [0.4, 0.5) is 0 Å². The number of carbonyl (C=O) groups excluding carboxylic acids is 2. The molecule has 0 radical (unpaired) electrons. The van der Waals surface area contributed by atoms with Gasteiger partial charge in [-0.3, -0.25) is 9.59 Å². The molecule has 0 aromatic heterocycles. The summed E-state index contributed by atoms with van der Waals surface area (Å²) in [5.74, 6) is 0.286. The molecule has 0 saturated heterocycles. The molecule has 0 aliphatic rings. The van der Waals surface area contributed by atoms with Gasteiger partial charge >= 0.3 is 0 Å². The van der Waals surface area contributed by atoms with E-state index in [4.69, 9.17) is 16.3 Å². The third-order valence-corrected chi connectivity index (χ3v) is 5.59. The highest BCUT2D eigenvalue weighted by Gasteiger charge is 2.29. The van der Waals surface area contributed by atoms with E-state index >= 15 is 0 Å². The van der Waals surface area contributed by atoms with Crippen LogP contribution in [0.1, 0.15) is 50.3 Å². The van der Waals surface area contributed by atoms with Gasteiger partial charge in [0.25, 0.3) is 5.91 Å². The minimum absolute atomic E-state index is 0.0421. The van der Waals surface area contributed by atoms with Gasteiger partial charge in [0.1, 0.15) is 11.8 Å². The first kappa shape index (κ1) is 24.7. The molecule has 0 heterocycles. The largest absolute Gasteiger partial charge is 0.483 e. The SMILES string of the molecule is CC[C@@H](C)NC(=O)[C@H](CC)N(Cc1ccc(Cl)cc1)C(=O)COc1ccc(C)cc1C. The molecule has 1 N–H and O–H groups in total. The molecule has 0 spiro atoms. The van der Waals surface area contributed by atoms with Crippen LogP contribution in [0.5, 0.6) is 5.75 Å². The van der Waals surface area contributed by atoms with E-state index < -0.39 is 6.04 Å². The fourth-order valence-corrected chi connectivity index (χ4v) is 3.46. The number of aryl methyl sites for hydroxylation is 2. The first-order valence-corrected chi connectivity index (χ1v) is 11.2. The average Bonchev–Trinajstić information content (AvgIpc) is 2.74. The van der Waals surface area contributed by atoms with Crippen molar-refractivity contribution in [3.63, 3.8) is 0 Å². The van der Waals surface area contributed by atoms with Crippen LogP contribution in [0.3, 0.4) is 0 Å². The van der Waals surface area contributed by atoms with Crippen molar-refractivity contribution in [1.82, 2.24) is 10.2 Å². The molecule has 2 rings (SSSR count). The van der Waals surface area contributed by atoms with Gasteiger partial charge in [0.15, 0.2) is 6.61 Å². The van der Waals surface area contributed by atoms with E-state index in [0.29, 0.717) is 23.7 Å². The van der Waals surface area contributed by atoms with Crippen molar-refractivity contribution >= 4 is 23.4 Å². The maximum absolute atomic E-state index is 13.2. The van der Waals surface area contributed by atoms with Gasteiger partial charge in [-0.25, -0.2) is 0 Å². The summed E-state index contributed by atoms with van der Waals surface area (Å²) < 4.78 is 5.82. The first-order valence-electron chi connectivity index (χ1n) is 10.8. The molecule has 2 amide bonds. The number of hydrogen-bond acceptors (Lipinski definition) is 3. The Bertz CT molecular complexity index is 883. The zero-order valence-electron chi connectivity index (χ0n) is 19.1. The summed E-state index contributed by atoms with van der Waals surface area (Å²) in [4.78, 5) is 27.8. The van der Waals surface area contributed by atoms with Gasteiger partial charge < -0.3 is 15.0 Å². The van der Waals surface area contributed by atoms with E-state index in [-0.39, 0.29) is 24.5 Å². The molecule has 0 saturated carbocycles. The van der Waals surface area contributed by atoms with Gasteiger partial charge in [0, 0.05) is 17.6 Å². The maximum Gasteiger partial charge on any atom is 0.261 e. The lowest BCUT2D eigenvalue weighted by Gasteiger charge is -2.31. The minimum Gasteiger partial charge on any atom is -0.483 e. The Morgan fingerprint density at radius 3 is 2.32 bits per heavy atom. The van der Waals surface area contributed by atoms with Gasteiger partial charge in [0.05, 0.1) is 0 Å². The van der Waals surface area contributed by atoms with Crippen molar-refractivity contribution in [3.05, 3.63) is 64.2 Å². The van der Waals surface area contributed by atoms with Gasteiger partial charge in [-0.2, -0.15) is 0 Å². The Morgan fingerprint density at radius 2 is 1.74 bits per heavy atom. The van der Waals surface area contributed by atoms with E-state index in [9.17, 15) is 9.59 Å². The maximum atomic E-state index is 13.2. The van der Waals surface area contributed by atoms with E-state index in [0.717, 1.165) is 23.1 Å². The van der Waals surface area contributed by atoms with Crippen molar-refractivity contribution in [2.45, 2.75) is 66.1 Å². The molecule has 0 aliphatic carbocycles. The summed E-state index contributed by atoms with van der Waals surface area (Å²) in [6, 6.07) is 12.6. The minimum atomic E-state index is -0.583. The van der Waals surface area contributed by atoms with Gasteiger partial charge in [-0.15, -0.1) is 0 Å². The molecular weight excluding hydrogens is 412 g/mol. The van der Waals surface area contributed by atoms with Crippen molar-refractivity contribution in [1.29, 1.82) is 0 Å². The highest BCUT2D eigenvalue weighted by molar-refractivity contribution is 6.30. The summed E-state index contributed by atoms with van der Waals surface area (Å²) in [7, 11) is 0. The normalized spacial score (nSPS) is 12.7. The van der Waals surface area contributed by atoms with Crippen LogP contribution >= 0.6 is 11.6 Å². The Labute approximate surface area is 190 Å². The molecule has 5 nitrogen and oxygen atoms in total. The topological polar surface area (TPSA) is 58.6 Å². The predicted molar refractivity (Wildman–Crippen MR) is 125 cm³/mol. The third kappa shape index (κ3) is 7.28. The Balaban J connectivity index is 2.22. The van der Waals surface area contributed by atoms with Crippen molar-refractivity contribution in [3.8, 4) is 5.75 Å². The average molecular weight is 445 g/mol. The Hall–Kier alpha value is -2.53. The lowest BCUT2D eigenvalue weighted by Crippen LogP contribution is -2.51. The summed E-state index contributed by atoms with van der Waals surface area (Å²) in [5.41, 5.74) is 3.01. The first-order chi connectivity index (χ1) is 14.7. The lowest BCUT2D eigenvalue weighted by molar-refractivity contribution is -0.143. The highest BCUT2D eigenvalue weighted by Crippen LogP contribution is 2.20. The van der Waals surface area contributed by atoms with Crippen LogP contribution in [0.25, 0.3) is 0 Å². The molecule has 0 aliphatic heterocycles. The second-order valence-electron chi connectivity index (χ2n) is 7.95. The predicted octanol–water partition coefficient (Wildman–Crippen LogP) is 5.06. The number of nitrogens with one attached hydrogen (secondary N) is 1. The van der Waals surface area contributed by atoms with Gasteiger partial charge in [0.2, 0.25) is 5.91 Å². The molecule has 0 bridgehead atoms. The number of ether oxygens (including phenoxy) is 1. The highest BCUT2D eigenvalue weighted by atomic mass is 35.5. The number of hydrogen-bond donors (Lipinski definition) is 1. The Kier molecular flexibility index (Phi) is 9.38. The monoisotopic (exact) mass is 444 g/mol. The summed E-state index contributed by atoms with van der Waals surface area (Å²) in [6.45, 7) is 10.0. The zero-order chi connectivity index (χ0) is 23.0. The fourth-order valence-electron chi connectivity index (χ4n) is 3.33. The molecule has 2 aromatic carbocycles. The summed E-state index contributed by atoms with van der Waals surface area (Å²) >= 11 is 6.00. The number of nitrogens with zero attached hydrogens (tertiary/aromatic N) is 1. The van der Waals surface area contributed by atoms with Crippen molar-refractivity contribution < 1.29 is 14.3 Å². The van der Waals surface area contributed by atoms with E-state index in [1.807, 2.05) is 65.0 Å². The second kappa shape index (κ2) is 11.8. The summed E-state index contributed by atoms with van der Waals surface area (Å²) in [6.07, 6.45) is 1.33. The fraction of sp³-hybridized carbons (Fsp3) is 0.440. The number of rotatable bonds is 10.